The average Bonchev–Trinajstić information content (AvgIpc) is 2.71. The molecule has 22 heavy (non-hydrogen) atoms. The fourth-order valence-electron chi connectivity index (χ4n) is 2.23. The highest BCUT2D eigenvalue weighted by Gasteiger charge is 2.22. The van der Waals surface area contributed by atoms with Gasteiger partial charge in [0.25, 0.3) is 5.91 Å². The Morgan fingerprint density at radius 1 is 1.36 bits per heavy atom. The molecular formula is C15H19N3O4. The second-order valence-corrected chi connectivity index (χ2v) is 5.95. The van der Waals surface area contributed by atoms with Crippen molar-refractivity contribution >= 4 is 22.9 Å². The first-order valence-electron chi connectivity index (χ1n) is 6.93. The molecule has 3 N–H and O–H groups in total. The number of imidazole rings is 1. The summed E-state index contributed by atoms with van der Waals surface area (Å²) in [5.74, 6) is -1.20. The van der Waals surface area contributed by atoms with Crippen molar-refractivity contribution in [1.29, 1.82) is 0 Å². The standard InChI is InChI=1S/C15H19N3O4/c1-15(2,7-6-12(19)20)17-13(21)9-4-5-10-11(8-9)18(3)14(22)16-10/h4-5,8H,6-7H2,1-3H3,(H,16,22)(H,17,21)(H,19,20). The molecule has 7 heteroatoms. The van der Waals surface area contributed by atoms with Gasteiger partial charge in [-0.15, -0.1) is 0 Å². The smallest absolute Gasteiger partial charge is 0.326 e. The Labute approximate surface area is 127 Å². The number of hydrogen-bond donors (Lipinski definition) is 3. The number of aromatic amines is 1. The zero-order valence-electron chi connectivity index (χ0n) is 12.8. The topological polar surface area (TPSA) is 104 Å². The second kappa shape index (κ2) is 5.67. The minimum absolute atomic E-state index is 0.0153. The molecule has 0 aliphatic heterocycles. The maximum atomic E-state index is 12.3. The Morgan fingerprint density at radius 2 is 2.05 bits per heavy atom. The third-order valence-corrected chi connectivity index (χ3v) is 3.58. The highest BCUT2D eigenvalue weighted by Crippen LogP contribution is 2.15. The molecule has 0 fully saturated rings. The van der Waals surface area contributed by atoms with E-state index in [1.807, 2.05) is 0 Å². The molecule has 0 aliphatic rings. The molecule has 0 spiro atoms. The molecule has 2 rings (SSSR count). The van der Waals surface area contributed by atoms with E-state index in [1.165, 1.54) is 4.57 Å². The number of carbonyl (C=O) groups excluding carboxylic acids is 1. The van der Waals surface area contributed by atoms with Crippen LogP contribution in [-0.4, -0.2) is 32.1 Å². The molecule has 1 aromatic heterocycles. The van der Waals surface area contributed by atoms with Crippen molar-refractivity contribution in [1.82, 2.24) is 14.9 Å². The molecule has 1 heterocycles. The van der Waals surface area contributed by atoms with E-state index in [4.69, 9.17) is 5.11 Å². The highest BCUT2D eigenvalue weighted by molar-refractivity contribution is 5.97. The molecule has 118 valence electrons. The van der Waals surface area contributed by atoms with Gasteiger partial charge in [-0.2, -0.15) is 0 Å². The maximum absolute atomic E-state index is 12.3. The van der Waals surface area contributed by atoms with Gasteiger partial charge in [-0.1, -0.05) is 0 Å². The second-order valence-electron chi connectivity index (χ2n) is 5.95. The number of rotatable bonds is 5. The van der Waals surface area contributed by atoms with Crippen LogP contribution in [0.3, 0.4) is 0 Å². The fourth-order valence-corrected chi connectivity index (χ4v) is 2.23. The molecule has 0 bridgehead atoms. The van der Waals surface area contributed by atoms with Crippen LogP contribution in [0, 0.1) is 0 Å². The van der Waals surface area contributed by atoms with E-state index in [0.717, 1.165) is 0 Å². The summed E-state index contributed by atoms with van der Waals surface area (Å²) in [6, 6.07) is 4.94. The molecule has 2 aromatic rings. The predicted octanol–water partition coefficient (Wildman–Crippen LogP) is 1.24. The molecule has 0 aliphatic carbocycles. The van der Waals surface area contributed by atoms with Crippen molar-refractivity contribution in [3.63, 3.8) is 0 Å². The molecule has 0 saturated carbocycles. The average molecular weight is 305 g/mol. The number of carboxylic acids is 1. The largest absolute Gasteiger partial charge is 0.481 e. The van der Waals surface area contributed by atoms with Gasteiger partial charge in [0.2, 0.25) is 0 Å². The van der Waals surface area contributed by atoms with Crippen LogP contribution in [0.25, 0.3) is 11.0 Å². The van der Waals surface area contributed by atoms with Crippen LogP contribution >= 0.6 is 0 Å². The van der Waals surface area contributed by atoms with Gasteiger partial charge in [0.05, 0.1) is 11.0 Å². The summed E-state index contributed by atoms with van der Waals surface area (Å²) < 4.78 is 1.43. The van der Waals surface area contributed by atoms with Gasteiger partial charge >= 0.3 is 11.7 Å². The number of nitrogens with zero attached hydrogens (tertiary/aromatic N) is 1. The SMILES string of the molecule is Cn1c(=O)[nH]c2ccc(C(=O)NC(C)(C)CCC(=O)O)cc21. The molecule has 0 radical (unpaired) electrons. The van der Waals surface area contributed by atoms with Crippen LogP contribution < -0.4 is 11.0 Å². The lowest BCUT2D eigenvalue weighted by molar-refractivity contribution is -0.137. The van der Waals surface area contributed by atoms with Crippen molar-refractivity contribution < 1.29 is 14.7 Å². The van der Waals surface area contributed by atoms with Crippen LogP contribution in [0.2, 0.25) is 0 Å². The Balaban J connectivity index is 2.20. The third kappa shape index (κ3) is 3.36. The van der Waals surface area contributed by atoms with Crippen molar-refractivity contribution in [3.8, 4) is 0 Å². The number of carboxylic acid groups (broad SMARTS) is 1. The van der Waals surface area contributed by atoms with Crippen LogP contribution in [0.4, 0.5) is 0 Å². The van der Waals surface area contributed by atoms with Crippen LogP contribution in [0.1, 0.15) is 37.0 Å². The quantitative estimate of drug-likeness (QED) is 0.773. The zero-order chi connectivity index (χ0) is 16.5. The van der Waals surface area contributed by atoms with Gasteiger partial charge in [0.15, 0.2) is 0 Å². The number of nitrogens with one attached hydrogen (secondary N) is 2. The lowest BCUT2D eigenvalue weighted by Gasteiger charge is -2.25. The number of aromatic nitrogens is 2. The first kappa shape index (κ1) is 15.8. The van der Waals surface area contributed by atoms with Crippen molar-refractivity contribution in [2.75, 3.05) is 0 Å². The van der Waals surface area contributed by atoms with E-state index in [9.17, 15) is 14.4 Å². The number of amides is 1. The summed E-state index contributed by atoms with van der Waals surface area (Å²) in [6.45, 7) is 3.55. The van der Waals surface area contributed by atoms with Gasteiger partial charge in [-0.3, -0.25) is 14.2 Å². The van der Waals surface area contributed by atoms with Gasteiger partial charge in [0, 0.05) is 24.6 Å². The normalized spacial score (nSPS) is 11.6. The minimum atomic E-state index is -0.897. The van der Waals surface area contributed by atoms with Crippen LogP contribution in [0.5, 0.6) is 0 Å². The summed E-state index contributed by atoms with van der Waals surface area (Å²) in [6.07, 6.45) is 0.317. The summed E-state index contributed by atoms with van der Waals surface area (Å²) in [7, 11) is 1.62. The van der Waals surface area contributed by atoms with Crippen molar-refractivity contribution in [3.05, 3.63) is 34.2 Å². The molecule has 0 atom stereocenters. The van der Waals surface area contributed by atoms with E-state index in [2.05, 4.69) is 10.3 Å². The first-order valence-corrected chi connectivity index (χ1v) is 6.93. The Kier molecular flexibility index (Phi) is 4.07. The molecular weight excluding hydrogens is 286 g/mol. The number of H-pyrrole nitrogens is 1. The van der Waals surface area contributed by atoms with E-state index in [1.54, 1.807) is 39.1 Å². The summed E-state index contributed by atoms with van der Waals surface area (Å²) in [4.78, 5) is 37.2. The lowest BCUT2D eigenvalue weighted by atomic mass is 9.97. The van der Waals surface area contributed by atoms with Crippen LogP contribution in [-0.2, 0) is 11.8 Å². The van der Waals surface area contributed by atoms with E-state index in [-0.39, 0.29) is 18.0 Å². The number of carbonyl (C=O) groups is 2. The number of aliphatic carboxylic acids is 1. The molecule has 0 unspecified atom stereocenters. The van der Waals surface area contributed by atoms with Gasteiger partial charge in [-0.05, 0) is 38.5 Å². The number of aryl methyl sites for hydroxylation is 1. The summed E-state index contributed by atoms with van der Waals surface area (Å²) in [5, 5.41) is 11.5. The van der Waals surface area contributed by atoms with E-state index >= 15 is 0 Å². The fraction of sp³-hybridized carbons (Fsp3) is 0.400. The Bertz CT molecular complexity index is 786. The Hall–Kier alpha value is -2.57. The number of benzene rings is 1. The van der Waals surface area contributed by atoms with Gasteiger partial charge < -0.3 is 15.4 Å². The molecule has 1 amide bonds. The number of fused-ring (bicyclic) bond motifs is 1. The van der Waals surface area contributed by atoms with Crippen molar-refractivity contribution in [2.24, 2.45) is 7.05 Å². The minimum Gasteiger partial charge on any atom is -0.481 e. The Morgan fingerprint density at radius 3 is 2.68 bits per heavy atom. The molecule has 1 aromatic carbocycles. The summed E-state index contributed by atoms with van der Waals surface area (Å²) >= 11 is 0. The third-order valence-electron chi connectivity index (χ3n) is 3.58. The molecule has 0 saturated heterocycles. The monoisotopic (exact) mass is 305 g/mol. The van der Waals surface area contributed by atoms with Gasteiger partial charge in [0.1, 0.15) is 0 Å². The lowest BCUT2D eigenvalue weighted by Crippen LogP contribution is -2.43. The first-order chi connectivity index (χ1) is 10.2. The van der Waals surface area contributed by atoms with E-state index < -0.39 is 11.5 Å². The predicted molar refractivity (Wildman–Crippen MR) is 82.0 cm³/mol. The summed E-state index contributed by atoms with van der Waals surface area (Å²) in [5.41, 5.74) is 0.851. The molecule has 7 nitrogen and oxygen atoms in total. The van der Waals surface area contributed by atoms with Gasteiger partial charge in [-0.25, -0.2) is 4.79 Å². The zero-order valence-corrected chi connectivity index (χ0v) is 12.8. The number of hydrogen-bond acceptors (Lipinski definition) is 3. The highest BCUT2D eigenvalue weighted by atomic mass is 16.4. The van der Waals surface area contributed by atoms with Crippen LogP contribution in [0.15, 0.2) is 23.0 Å². The van der Waals surface area contributed by atoms with E-state index in [0.29, 0.717) is 23.0 Å². The van der Waals surface area contributed by atoms with Crippen molar-refractivity contribution in [2.45, 2.75) is 32.2 Å². The maximum Gasteiger partial charge on any atom is 0.326 e.